The van der Waals surface area contributed by atoms with Crippen LogP contribution in [0, 0.1) is 0 Å². The summed E-state index contributed by atoms with van der Waals surface area (Å²) in [5.74, 6) is -0.303. The topological polar surface area (TPSA) is 93.2 Å². The van der Waals surface area contributed by atoms with E-state index in [1.807, 2.05) is 59.5 Å². The maximum absolute atomic E-state index is 12.1. The fourth-order valence-electron chi connectivity index (χ4n) is 3.77. The van der Waals surface area contributed by atoms with Crippen molar-refractivity contribution in [3.8, 4) is 0 Å². The van der Waals surface area contributed by atoms with Gasteiger partial charge in [0, 0.05) is 45.1 Å². The van der Waals surface area contributed by atoms with Gasteiger partial charge in [0.15, 0.2) is 0 Å². The number of nitrogens with two attached hydrogens (primary N) is 1. The zero-order chi connectivity index (χ0) is 20.1. The number of hydrogen-bond donors (Lipinski definition) is 1. The molecule has 0 saturated carbocycles. The second-order valence-electron chi connectivity index (χ2n) is 7.30. The van der Waals surface area contributed by atoms with Gasteiger partial charge in [-0.3, -0.25) is 19.6 Å². The minimum Gasteiger partial charge on any atom is -0.368 e. The Labute approximate surface area is 169 Å². The average molecular weight is 391 g/mol. The molecule has 3 aromatic rings. The van der Waals surface area contributed by atoms with Gasteiger partial charge in [0.1, 0.15) is 6.04 Å². The van der Waals surface area contributed by atoms with E-state index in [1.165, 1.54) is 0 Å². The van der Waals surface area contributed by atoms with Gasteiger partial charge in [-0.15, -0.1) is 5.10 Å². The lowest BCUT2D eigenvalue weighted by Gasteiger charge is -2.38. The second-order valence-corrected chi connectivity index (χ2v) is 7.30. The molecule has 8 nitrogen and oxygen atoms in total. The van der Waals surface area contributed by atoms with Crippen molar-refractivity contribution in [3.63, 3.8) is 0 Å². The van der Waals surface area contributed by atoms with E-state index in [0.29, 0.717) is 6.54 Å². The molecule has 1 unspecified atom stereocenters. The number of primary amides is 1. The molecule has 1 fully saturated rings. The van der Waals surface area contributed by atoms with Crippen LogP contribution in [0.15, 0.2) is 61.1 Å². The van der Waals surface area contributed by atoms with Crippen molar-refractivity contribution in [1.82, 2.24) is 29.8 Å². The third-order valence-electron chi connectivity index (χ3n) is 5.20. The maximum Gasteiger partial charge on any atom is 0.239 e. The molecule has 0 spiro atoms. The first-order valence-corrected chi connectivity index (χ1v) is 9.77. The number of hydrogen-bond acceptors (Lipinski definition) is 6. The quantitative estimate of drug-likeness (QED) is 0.648. The highest BCUT2D eigenvalue weighted by Gasteiger charge is 2.29. The van der Waals surface area contributed by atoms with Crippen molar-refractivity contribution in [1.29, 1.82) is 0 Å². The third kappa shape index (κ3) is 4.85. The minimum absolute atomic E-state index is 0.303. The zero-order valence-corrected chi connectivity index (χ0v) is 16.3. The highest BCUT2D eigenvalue weighted by atomic mass is 16.1. The van der Waals surface area contributed by atoms with Gasteiger partial charge in [-0.05, 0) is 17.2 Å². The normalized spacial score (nSPS) is 16.6. The lowest BCUT2D eigenvalue weighted by atomic mass is 10.0. The van der Waals surface area contributed by atoms with Crippen LogP contribution in [0.4, 0.5) is 0 Å². The lowest BCUT2D eigenvalue weighted by molar-refractivity contribution is -0.124. The van der Waals surface area contributed by atoms with Crippen molar-refractivity contribution in [2.45, 2.75) is 19.1 Å². The van der Waals surface area contributed by atoms with Crippen molar-refractivity contribution in [2.75, 3.05) is 26.2 Å². The predicted molar refractivity (Wildman–Crippen MR) is 109 cm³/mol. The molecule has 0 bridgehead atoms. The van der Waals surface area contributed by atoms with Crippen LogP contribution in [-0.2, 0) is 17.9 Å². The Hall–Kier alpha value is -3.10. The van der Waals surface area contributed by atoms with E-state index < -0.39 is 0 Å². The Morgan fingerprint density at radius 3 is 2.52 bits per heavy atom. The Morgan fingerprint density at radius 1 is 1.03 bits per heavy atom. The largest absolute Gasteiger partial charge is 0.368 e. The van der Waals surface area contributed by atoms with Gasteiger partial charge in [-0.25, -0.2) is 4.68 Å². The molecule has 29 heavy (non-hydrogen) atoms. The number of carbonyl (C=O) groups excluding carboxylic acids is 1. The fraction of sp³-hybridized carbons (Fsp3) is 0.333. The van der Waals surface area contributed by atoms with Gasteiger partial charge in [0.05, 0.1) is 18.4 Å². The minimum atomic E-state index is -0.376. The molecular formula is C21H25N7O. The summed E-state index contributed by atoms with van der Waals surface area (Å²) in [6.45, 7) is 4.68. The molecule has 150 valence electrons. The van der Waals surface area contributed by atoms with E-state index in [1.54, 1.807) is 6.20 Å². The Kier molecular flexibility index (Phi) is 5.92. The Bertz CT molecular complexity index is 920. The summed E-state index contributed by atoms with van der Waals surface area (Å²) in [6.07, 6.45) is 5.58. The smallest absolute Gasteiger partial charge is 0.239 e. The lowest BCUT2D eigenvalue weighted by Crippen LogP contribution is -2.50. The molecule has 1 amide bonds. The predicted octanol–water partition coefficient (Wildman–Crippen LogP) is 1.07. The first kappa shape index (κ1) is 19.2. The molecule has 2 aromatic heterocycles. The van der Waals surface area contributed by atoms with Crippen LogP contribution in [0.2, 0.25) is 0 Å². The molecule has 0 aliphatic carbocycles. The first-order valence-electron chi connectivity index (χ1n) is 9.77. The van der Waals surface area contributed by atoms with Gasteiger partial charge >= 0.3 is 0 Å². The highest BCUT2D eigenvalue weighted by Crippen LogP contribution is 2.22. The van der Waals surface area contributed by atoms with Crippen LogP contribution in [0.3, 0.4) is 0 Å². The standard InChI is InChI=1S/C21H25N7O/c22-21(29)20(18-6-2-1-3-7-18)27-11-9-26(10-12-27)15-19-16-28(25-24-19)14-17-5-4-8-23-13-17/h1-8,13,16,20H,9-12,14-15H2,(H2,22,29). The molecular weight excluding hydrogens is 366 g/mol. The highest BCUT2D eigenvalue weighted by molar-refractivity contribution is 5.81. The van der Waals surface area contributed by atoms with Crippen LogP contribution in [-0.4, -0.2) is 61.9 Å². The summed E-state index contributed by atoms with van der Waals surface area (Å²) >= 11 is 0. The molecule has 0 radical (unpaired) electrons. The van der Waals surface area contributed by atoms with Crippen LogP contribution in [0.1, 0.15) is 22.9 Å². The molecule has 3 heterocycles. The molecule has 1 saturated heterocycles. The first-order chi connectivity index (χ1) is 14.2. The molecule has 1 atom stereocenters. The van der Waals surface area contributed by atoms with E-state index in [2.05, 4.69) is 25.1 Å². The number of rotatable bonds is 7. The van der Waals surface area contributed by atoms with E-state index in [9.17, 15) is 4.79 Å². The second kappa shape index (κ2) is 8.93. The van der Waals surface area contributed by atoms with Crippen molar-refractivity contribution < 1.29 is 4.79 Å². The molecule has 1 aliphatic heterocycles. The number of amides is 1. The van der Waals surface area contributed by atoms with Crippen LogP contribution >= 0.6 is 0 Å². The summed E-state index contributed by atoms with van der Waals surface area (Å²) in [5, 5.41) is 8.52. The number of carbonyl (C=O) groups is 1. The number of aromatic nitrogens is 4. The third-order valence-corrected chi connectivity index (χ3v) is 5.20. The Morgan fingerprint density at radius 2 is 1.83 bits per heavy atom. The van der Waals surface area contributed by atoms with Gasteiger partial charge in [-0.2, -0.15) is 0 Å². The maximum atomic E-state index is 12.1. The van der Waals surface area contributed by atoms with Crippen molar-refractivity contribution in [3.05, 3.63) is 77.9 Å². The summed E-state index contributed by atoms with van der Waals surface area (Å²) in [7, 11) is 0. The van der Waals surface area contributed by atoms with Crippen LogP contribution < -0.4 is 5.73 Å². The number of piperazine rings is 1. The average Bonchev–Trinajstić information content (AvgIpc) is 3.17. The van der Waals surface area contributed by atoms with E-state index >= 15 is 0 Å². The van der Waals surface area contributed by atoms with Crippen LogP contribution in [0.25, 0.3) is 0 Å². The van der Waals surface area contributed by atoms with E-state index in [-0.39, 0.29) is 11.9 Å². The van der Waals surface area contributed by atoms with Gasteiger partial charge < -0.3 is 5.73 Å². The monoisotopic (exact) mass is 391 g/mol. The van der Waals surface area contributed by atoms with E-state index in [0.717, 1.165) is 49.5 Å². The molecule has 1 aromatic carbocycles. The summed E-state index contributed by atoms with van der Waals surface area (Å²) in [6, 6.07) is 13.3. The SMILES string of the molecule is NC(=O)C(c1ccccc1)N1CCN(Cc2cn(Cc3cccnc3)nn2)CC1. The molecule has 8 heteroatoms. The molecule has 1 aliphatic rings. The number of pyridine rings is 1. The van der Waals surface area contributed by atoms with Gasteiger partial charge in [0.25, 0.3) is 0 Å². The Balaban J connectivity index is 1.32. The summed E-state index contributed by atoms with van der Waals surface area (Å²) < 4.78 is 1.83. The molecule has 4 rings (SSSR count). The van der Waals surface area contributed by atoms with Gasteiger partial charge in [0.2, 0.25) is 5.91 Å². The number of benzene rings is 1. The fourth-order valence-corrected chi connectivity index (χ4v) is 3.77. The molecule has 2 N–H and O–H groups in total. The number of nitrogens with zero attached hydrogens (tertiary/aromatic N) is 6. The van der Waals surface area contributed by atoms with Crippen molar-refractivity contribution in [2.24, 2.45) is 5.73 Å². The van der Waals surface area contributed by atoms with Crippen LogP contribution in [0.5, 0.6) is 0 Å². The zero-order valence-electron chi connectivity index (χ0n) is 16.3. The summed E-state index contributed by atoms with van der Waals surface area (Å²) in [5.41, 5.74) is 8.69. The van der Waals surface area contributed by atoms with Gasteiger partial charge in [-0.1, -0.05) is 41.6 Å². The van der Waals surface area contributed by atoms with Crippen molar-refractivity contribution >= 4 is 5.91 Å². The summed E-state index contributed by atoms with van der Waals surface area (Å²) in [4.78, 5) is 20.7. The van der Waals surface area contributed by atoms with E-state index in [4.69, 9.17) is 5.73 Å².